The summed E-state index contributed by atoms with van der Waals surface area (Å²) in [7, 11) is 5.45. The van der Waals surface area contributed by atoms with Crippen LogP contribution in [0.1, 0.15) is 19.7 Å². The highest BCUT2D eigenvalue weighted by atomic mass is 16.5. The lowest BCUT2D eigenvalue weighted by Crippen LogP contribution is -2.37. The minimum absolute atomic E-state index is 0.563. The van der Waals surface area contributed by atoms with E-state index in [-0.39, 0.29) is 0 Å². The van der Waals surface area contributed by atoms with Gasteiger partial charge in [0.2, 0.25) is 0 Å². The molecule has 0 atom stereocenters. The predicted octanol–water partition coefficient (Wildman–Crippen LogP) is 1.93. The topological polar surface area (TPSA) is 67.6 Å². The molecule has 0 aliphatic carbocycles. The van der Waals surface area contributed by atoms with Crippen molar-refractivity contribution in [1.82, 2.24) is 14.5 Å². The molecule has 2 rings (SSSR count). The molecule has 0 aliphatic heterocycles. The van der Waals surface area contributed by atoms with Crippen LogP contribution in [-0.2, 0) is 16.9 Å². The molecule has 1 N–H and O–H groups in total. The fraction of sp³-hybridized carbons (Fsp3) is 0.467. The van der Waals surface area contributed by atoms with Crippen molar-refractivity contribution in [2.45, 2.75) is 25.9 Å². The monoisotopic (exact) mass is 291 g/mol. The van der Waals surface area contributed by atoms with Crippen LogP contribution in [0.3, 0.4) is 0 Å². The van der Waals surface area contributed by atoms with Crippen LogP contribution in [0.15, 0.2) is 18.2 Å². The second-order valence-electron chi connectivity index (χ2n) is 5.82. The first-order valence-electron chi connectivity index (χ1n) is 6.71. The molecule has 0 amide bonds. The zero-order chi connectivity index (χ0) is 15.8. The number of hydrogen-bond acceptors (Lipinski definition) is 4. The molecule has 0 bridgehead atoms. The first kappa shape index (κ1) is 15.3. The van der Waals surface area contributed by atoms with E-state index in [9.17, 15) is 9.90 Å². The Hall–Kier alpha value is -2.08. The van der Waals surface area contributed by atoms with E-state index >= 15 is 0 Å². The number of carboxylic acid groups (broad SMARTS) is 1. The van der Waals surface area contributed by atoms with Crippen molar-refractivity contribution in [3.05, 3.63) is 24.0 Å². The Balaban J connectivity index is 2.72. The van der Waals surface area contributed by atoms with Gasteiger partial charge in [-0.1, -0.05) is 0 Å². The van der Waals surface area contributed by atoms with Gasteiger partial charge in [0.1, 0.15) is 17.1 Å². The lowest BCUT2D eigenvalue weighted by molar-refractivity contribution is -0.145. The zero-order valence-corrected chi connectivity index (χ0v) is 13.0. The van der Waals surface area contributed by atoms with Gasteiger partial charge in [-0.25, -0.2) is 9.78 Å². The van der Waals surface area contributed by atoms with Gasteiger partial charge in [0.05, 0.1) is 24.7 Å². The molecule has 6 nitrogen and oxygen atoms in total. The van der Waals surface area contributed by atoms with Crippen molar-refractivity contribution < 1.29 is 14.6 Å². The maximum Gasteiger partial charge on any atom is 0.329 e. The molecular weight excluding hydrogens is 270 g/mol. The highest BCUT2D eigenvalue weighted by Crippen LogP contribution is 2.28. The maximum absolute atomic E-state index is 11.6. The summed E-state index contributed by atoms with van der Waals surface area (Å²) in [6.07, 6.45) is 0. The molecule has 1 aromatic heterocycles. The van der Waals surface area contributed by atoms with E-state index in [1.807, 2.05) is 37.2 Å². The SMILES string of the molecule is COc1ccc2c(c1)nc(CN(C)C)n2C(C)(C)C(=O)O. The summed E-state index contributed by atoms with van der Waals surface area (Å²) in [5.74, 6) is 0.532. The Morgan fingerprint density at radius 1 is 1.43 bits per heavy atom. The first-order chi connectivity index (χ1) is 9.77. The van der Waals surface area contributed by atoms with E-state index in [1.54, 1.807) is 25.5 Å². The number of aliphatic carboxylic acids is 1. The second kappa shape index (κ2) is 5.37. The van der Waals surface area contributed by atoms with Crippen LogP contribution >= 0.6 is 0 Å². The van der Waals surface area contributed by atoms with Crippen LogP contribution in [0, 0.1) is 0 Å². The molecule has 21 heavy (non-hydrogen) atoms. The summed E-state index contributed by atoms with van der Waals surface area (Å²) in [5.41, 5.74) is 0.454. The summed E-state index contributed by atoms with van der Waals surface area (Å²) >= 11 is 0. The van der Waals surface area contributed by atoms with Gasteiger partial charge in [-0.15, -0.1) is 0 Å². The van der Waals surface area contributed by atoms with E-state index in [4.69, 9.17) is 4.74 Å². The van der Waals surface area contributed by atoms with Crippen LogP contribution in [0.4, 0.5) is 0 Å². The maximum atomic E-state index is 11.6. The van der Waals surface area contributed by atoms with Gasteiger partial charge in [-0.2, -0.15) is 0 Å². The molecule has 0 aliphatic rings. The number of methoxy groups -OCH3 is 1. The highest BCUT2D eigenvalue weighted by molar-refractivity contribution is 5.83. The van der Waals surface area contributed by atoms with Gasteiger partial charge >= 0.3 is 5.97 Å². The van der Waals surface area contributed by atoms with Crippen molar-refractivity contribution in [2.24, 2.45) is 0 Å². The van der Waals surface area contributed by atoms with Crippen LogP contribution < -0.4 is 4.74 Å². The summed E-state index contributed by atoms with van der Waals surface area (Å²) in [6.45, 7) is 3.92. The summed E-state index contributed by atoms with van der Waals surface area (Å²) in [5, 5.41) is 9.54. The molecule has 1 aromatic carbocycles. The standard InChI is InChI=1S/C15H21N3O3/c1-15(2,14(19)20)18-12-7-6-10(21-5)8-11(12)16-13(18)9-17(3)4/h6-8H,9H2,1-5H3,(H,19,20). The minimum Gasteiger partial charge on any atom is -0.497 e. The van der Waals surface area contributed by atoms with Gasteiger partial charge in [0.25, 0.3) is 0 Å². The third-order valence-corrected chi connectivity index (χ3v) is 3.47. The third-order valence-electron chi connectivity index (χ3n) is 3.47. The first-order valence-corrected chi connectivity index (χ1v) is 6.71. The van der Waals surface area contributed by atoms with Crippen molar-refractivity contribution in [1.29, 1.82) is 0 Å². The summed E-state index contributed by atoms with van der Waals surface area (Å²) in [6, 6.07) is 5.49. The Kier molecular flexibility index (Phi) is 3.91. The summed E-state index contributed by atoms with van der Waals surface area (Å²) in [4.78, 5) is 18.2. The van der Waals surface area contributed by atoms with Crippen LogP contribution in [0.5, 0.6) is 5.75 Å². The van der Waals surface area contributed by atoms with Crippen LogP contribution in [0.2, 0.25) is 0 Å². The third kappa shape index (κ3) is 2.71. The molecule has 0 radical (unpaired) electrons. The molecule has 6 heteroatoms. The van der Waals surface area contributed by atoms with E-state index < -0.39 is 11.5 Å². The van der Waals surface area contributed by atoms with E-state index in [2.05, 4.69) is 4.98 Å². The molecule has 1 heterocycles. The minimum atomic E-state index is -1.07. The Morgan fingerprint density at radius 3 is 2.62 bits per heavy atom. The largest absolute Gasteiger partial charge is 0.497 e. The van der Waals surface area contributed by atoms with E-state index in [0.29, 0.717) is 12.3 Å². The van der Waals surface area contributed by atoms with Crippen LogP contribution in [0.25, 0.3) is 11.0 Å². The van der Waals surface area contributed by atoms with Crippen molar-refractivity contribution in [3.63, 3.8) is 0 Å². The summed E-state index contributed by atoms with van der Waals surface area (Å²) < 4.78 is 6.99. The molecule has 114 valence electrons. The molecule has 0 saturated heterocycles. The quantitative estimate of drug-likeness (QED) is 0.911. The lowest BCUT2D eigenvalue weighted by atomic mass is 10.1. The average Bonchev–Trinajstić information content (AvgIpc) is 2.74. The van der Waals surface area contributed by atoms with E-state index in [0.717, 1.165) is 16.9 Å². The molecular formula is C15H21N3O3. The number of rotatable bonds is 5. The molecule has 0 saturated carbocycles. The lowest BCUT2D eigenvalue weighted by Gasteiger charge is -2.25. The molecule has 0 unspecified atom stereocenters. The number of benzene rings is 1. The zero-order valence-electron chi connectivity index (χ0n) is 13.0. The number of ether oxygens (including phenoxy) is 1. The van der Waals surface area contributed by atoms with Gasteiger partial charge < -0.3 is 19.3 Å². The van der Waals surface area contributed by atoms with Crippen molar-refractivity contribution in [2.75, 3.05) is 21.2 Å². The number of aromatic nitrogens is 2. The van der Waals surface area contributed by atoms with Gasteiger partial charge in [0.15, 0.2) is 0 Å². The average molecular weight is 291 g/mol. The number of imidazole rings is 1. The molecule has 0 fully saturated rings. The fourth-order valence-electron chi connectivity index (χ4n) is 2.35. The van der Waals surface area contributed by atoms with Gasteiger partial charge in [-0.05, 0) is 40.1 Å². The Morgan fingerprint density at radius 2 is 2.10 bits per heavy atom. The highest BCUT2D eigenvalue weighted by Gasteiger charge is 2.33. The Labute approximate surface area is 124 Å². The van der Waals surface area contributed by atoms with Crippen molar-refractivity contribution in [3.8, 4) is 5.75 Å². The smallest absolute Gasteiger partial charge is 0.329 e. The molecule has 2 aromatic rings. The number of hydrogen-bond donors (Lipinski definition) is 1. The number of fused-ring (bicyclic) bond motifs is 1. The molecule has 0 spiro atoms. The predicted molar refractivity (Wildman–Crippen MR) is 80.6 cm³/mol. The number of carbonyl (C=O) groups is 1. The van der Waals surface area contributed by atoms with Crippen LogP contribution in [-0.4, -0.2) is 46.7 Å². The Bertz CT molecular complexity index is 674. The van der Waals surface area contributed by atoms with Gasteiger partial charge in [-0.3, -0.25) is 0 Å². The normalized spacial score (nSPS) is 12.1. The second-order valence-corrected chi connectivity index (χ2v) is 5.82. The van der Waals surface area contributed by atoms with E-state index in [1.165, 1.54) is 0 Å². The number of nitrogens with zero attached hydrogens (tertiary/aromatic N) is 3. The fourth-order valence-corrected chi connectivity index (χ4v) is 2.35. The van der Waals surface area contributed by atoms with Crippen molar-refractivity contribution >= 4 is 17.0 Å². The van der Waals surface area contributed by atoms with Gasteiger partial charge in [0, 0.05) is 6.07 Å². The number of carboxylic acids is 1.